The smallest absolute Gasteiger partial charge is 0.304 e. The Kier molecular flexibility index (Phi) is 4.00. The molecule has 0 heterocycles. The Bertz CT molecular complexity index is 187. The minimum Gasteiger partial charge on any atom is -0.481 e. The summed E-state index contributed by atoms with van der Waals surface area (Å²) in [5, 5.41) is 8.09. The first-order valence-electron chi connectivity index (χ1n) is 2.42. The molecule has 0 saturated heterocycles. The summed E-state index contributed by atoms with van der Waals surface area (Å²) in [7, 11) is 0. The van der Waals surface area contributed by atoms with Gasteiger partial charge >= 0.3 is 5.97 Å². The number of rotatable bonds is 2. The second-order valence-corrected chi connectivity index (χ2v) is 1.34. The molecule has 0 rings (SSSR count). The van der Waals surface area contributed by atoms with Crippen LogP contribution in [0.5, 0.6) is 0 Å². The third-order valence-corrected chi connectivity index (χ3v) is 0.624. The SMILES string of the molecule is C#CC#CCCC(=O)O. The van der Waals surface area contributed by atoms with E-state index in [1.165, 1.54) is 0 Å². The number of terminal acetylenes is 1. The van der Waals surface area contributed by atoms with E-state index in [1.807, 2.05) is 0 Å². The van der Waals surface area contributed by atoms with E-state index < -0.39 is 5.97 Å². The molecule has 0 fully saturated rings. The van der Waals surface area contributed by atoms with Crippen molar-refractivity contribution < 1.29 is 9.90 Å². The lowest BCUT2D eigenvalue weighted by Crippen LogP contribution is -1.91. The Morgan fingerprint density at radius 1 is 1.67 bits per heavy atom. The van der Waals surface area contributed by atoms with Crippen molar-refractivity contribution in [3.8, 4) is 24.2 Å². The van der Waals surface area contributed by atoms with Gasteiger partial charge in [-0.05, 0) is 11.8 Å². The van der Waals surface area contributed by atoms with Crippen molar-refractivity contribution in [3.63, 3.8) is 0 Å². The summed E-state index contributed by atoms with van der Waals surface area (Å²) in [6.45, 7) is 0. The first-order chi connectivity index (χ1) is 4.27. The Morgan fingerprint density at radius 3 is 2.78 bits per heavy atom. The van der Waals surface area contributed by atoms with Gasteiger partial charge in [-0.1, -0.05) is 5.92 Å². The highest BCUT2D eigenvalue weighted by Crippen LogP contribution is 1.83. The van der Waals surface area contributed by atoms with Gasteiger partial charge in [-0.25, -0.2) is 0 Å². The first-order valence-corrected chi connectivity index (χ1v) is 2.42. The Balaban J connectivity index is 3.33. The molecule has 0 bridgehead atoms. The third kappa shape index (κ3) is 6.59. The Labute approximate surface area is 53.9 Å². The molecule has 0 aliphatic carbocycles. The number of carboxylic acid groups (broad SMARTS) is 1. The van der Waals surface area contributed by atoms with E-state index in [1.54, 1.807) is 0 Å². The third-order valence-electron chi connectivity index (χ3n) is 0.624. The molecule has 0 aromatic heterocycles. The molecule has 0 spiro atoms. The van der Waals surface area contributed by atoms with Crippen molar-refractivity contribution in [2.75, 3.05) is 0 Å². The van der Waals surface area contributed by atoms with Gasteiger partial charge in [0.25, 0.3) is 0 Å². The normalized spacial score (nSPS) is 6.56. The average molecular weight is 122 g/mol. The number of carbonyl (C=O) groups is 1. The molecule has 0 unspecified atom stereocenters. The van der Waals surface area contributed by atoms with Crippen LogP contribution < -0.4 is 0 Å². The van der Waals surface area contributed by atoms with Crippen LogP contribution in [0.15, 0.2) is 0 Å². The lowest BCUT2D eigenvalue weighted by molar-refractivity contribution is -0.136. The average Bonchev–Trinajstić information content (AvgIpc) is 1.80. The van der Waals surface area contributed by atoms with E-state index in [2.05, 4.69) is 17.8 Å². The van der Waals surface area contributed by atoms with Crippen molar-refractivity contribution in [1.29, 1.82) is 0 Å². The second-order valence-electron chi connectivity index (χ2n) is 1.34. The molecule has 0 amide bonds. The van der Waals surface area contributed by atoms with Gasteiger partial charge in [0.1, 0.15) is 0 Å². The fourth-order valence-corrected chi connectivity index (χ4v) is 0.283. The number of aliphatic carboxylic acids is 1. The molecule has 0 aliphatic rings. The van der Waals surface area contributed by atoms with Gasteiger partial charge < -0.3 is 5.11 Å². The highest BCUT2D eigenvalue weighted by Gasteiger charge is 1.90. The molecule has 46 valence electrons. The fraction of sp³-hybridized carbons (Fsp3) is 0.286. The molecule has 0 atom stereocenters. The van der Waals surface area contributed by atoms with Crippen molar-refractivity contribution >= 4 is 5.97 Å². The predicted molar refractivity (Wildman–Crippen MR) is 33.5 cm³/mol. The lowest BCUT2D eigenvalue weighted by Gasteiger charge is -1.80. The zero-order valence-corrected chi connectivity index (χ0v) is 4.85. The van der Waals surface area contributed by atoms with Gasteiger partial charge in [-0.2, -0.15) is 0 Å². The van der Waals surface area contributed by atoms with E-state index in [0.29, 0.717) is 6.42 Å². The monoisotopic (exact) mass is 122 g/mol. The molecular formula is C7H6O2. The summed E-state index contributed by atoms with van der Waals surface area (Å²) in [5.41, 5.74) is 0. The van der Waals surface area contributed by atoms with Crippen LogP contribution >= 0.6 is 0 Å². The van der Waals surface area contributed by atoms with E-state index >= 15 is 0 Å². The highest BCUT2D eigenvalue weighted by atomic mass is 16.4. The summed E-state index contributed by atoms with van der Waals surface area (Å²) in [4.78, 5) is 9.84. The number of carboxylic acids is 1. The van der Waals surface area contributed by atoms with Crippen LogP contribution in [0.4, 0.5) is 0 Å². The zero-order valence-electron chi connectivity index (χ0n) is 4.85. The predicted octanol–water partition coefficient (Wildman–Crippen LogP) is 0.488. The Hall–Kier alpha value is -1.41. The maximum absolute atomic E-state index is 9.84. The molecule has 0 aromatic rings. The van der Waals surface area contributed by atoms with Gasteiger partial charge in [-0.3, -0.25) is 4.79 Å². The molecule has 0 saturated carbocycles. The van der Waals surface area contributed by atoms with E-state index in [9.17, 15) is 4.79 Å². The number of hydrogen-bond donors (Lipinski definition) is 1. The lowest BCUT2D eigenvalue weighted by atomic mass is 10.3. The minimum absolute atomic E-state index is 0.0642. The summed E-state index contributed by atoms with van der Waals surface area (Å²) in [5.74, 6) is 6.06. The van der Waals surface area contributed by atoms with E-state index in [-0.39, 0.29) is 6.42 Å². The molecule has 0 aromatic carbocycles. The fourth-order valence-electron chi connectivity index (χ4n) is 0.283. The van der Waals surface area contributed by atoms with Gasteiger partial charge in [0.2, 0.25) is 0 Å². The summed E-state index contributed by atoms with van der Waals surface area (Å²) < 4.78 is 0. The van der Waals surface area contributed by atoms with Crippen LogP contribution in [0.1, 0.15) is 12.8 Å². The standard InChI is InChI=1S/C7H6O2/c1-2-3-4-5-6-7(8)9/h1H,5-6H2,(H,8,9). The van der Waals surface area contributed by atoms with E-state index in [4.69, 9.17) is 11.5 Å². The highest BCUT2D eigenvalue weighted by molar-refractivity contribution is 5.67. The van der Waals surface area contributed by atoms with Crippen LogP contribution in [0.3, 0.4) is 0 Å². The maximum Gasteiger partial charge on any atom is 0.304 e. The molecular weight excluding hydrogens is 116 g/mol. The molecule has 1 N–H and O–H groups in total. The largest absolute Gasteiger partial charge is 0.481 e. The van der Waals surface area contributed by atoms with Crippen molar-refractivity contribution in [2.45, 2.75) is 12.8 Å². The van der Waals surface area contributed by atoms with Crippen LogP contribution in [-0.2, 0) is 4.79 Å². The van der Waals surface area contributed by atoms with Crippen LogP contribution in [0, 0.1) is 24.2 Å². The molecule has 2 nitrogen and oxygen atoms in total. The van der Waals surface area contributed by atoms with Crippen LogP contribution in [0.2, 0.25) is 0 Å². The van der Waals surface area contributed by atoms with E-state index in [0.717, 1.165) is 0 Å². The van der Waals surface area contributed by atoms with Crippen molar-refractivity contribution in [2.24, 2.45) is 0 Å². The van der Waals surface area contributed by atoms with Gasteiger partial charge in [0.05, 0.1) is 6.42 Å². The second kappa shape index (κ2) is 4.74. The van der Waals surface area contributed by atoms with Gasteiger partial charge in [0.15, 0.2) is 0 Å². The number of hydrogen-bond acceptors (Lipinski definition) is 1. The Morgan fingerprint density at radius 2 is 2.33 bits per heavy atom. The van der Waals surface area contributed by atoms with Gasteiger partial charge in [-0.15, -0.1) is 6.42 Å². The van der Waals surface area contributed by atoms with Crippen LogP contribution in [0.25, 0.3) is 0 Å². The summed E-state index contributed by atoms with van der Waals surface area (Å²) >= 11 is 0. The molecule has 9 heavy (non-hydrogen) atoms. The van der Waals surface area contributed by atoms with Gasteiger partial charge in [0, 0.05) is 6.42 Å². The van der Waals surface area contributed by atoms with Crippen molar-refractivity contribution in [1.82, 2.24) is 0 Å². The topological polar surface area (TPSA) is 37.3 Å². The molecule has 0 aliphatic heterocycles. The molecule has 0 radical (unpaired) electrons. The maximum atomic E-state index is 9.84. The van der Waals surface area contributed by atoms with Crippen LogP contribution in [-0.4, -0.2) is 11.1 Å². The first kappa shape index (κ1) is 7.59. The minimum atomic E-state index is -0.846. The quantitative estimate of drug-likeness (QED) is 0.541. The zero-order chi connectivity index (χ0) is 7.11. The molecule has 2 heteroatoms. The van der Waals surface area contributed by atoms with Crippen molar-refractivity contribution in [3.05, 3.63) is 0 Å². The summed E-state index contributed by atoms with van der Waals surface area (Å²) in [6.07, 6.45) is 5.17. The summed E-state index contributed by atoms with van der Waals surface area (Å²) in [6, 6.07) is 0.